The van der Waals surface area contributed by atoms with Crippen molar-refractivity contribution in [2.75, 3.05) is 7.11 Å². The van der Waals surface area contributed by atoms with Gasteiger partial charge in [0.1, 0.15) is 0 Å². The van der Waals surface area contributed by atoms with Crippen LogP contribution in [0.4, 0.5) is 0 Å². The number of nitrogens with zero attached hydrogens (tertiary/aromatic N) is 2. The lowest BCUT2D eigenvalue weighted by Gasteiger charge is -2.32. The second-order valence-corrected chi connectivity index (χ2v) is 9.67. The van der Waals surface area contributed by atoms with E-state index < -0.39 is 5.97 Å². The van der Waals surface area contributed by atoms with Gasteiger partial charge < -0.3 is 9.84 Å². The van der Waals surface area contributed by atoms with Gasteiger partial charge in [-0.25, -0.2) is 14.8 Å². The molecular formula is C29H26N2O3S. The summed E-state index contributed by atoms with van der Waals surface area (Å²) in [5.41, 5.74) is 10.7. The Morgan fingerprint density at radius 1 is 1.09 bits per heavy atom. The molecule has 0 amide bonds. The van der Waals surface area contributed by atoms with E-state index in [0.717, 1.165) is 57.0 Å². The molecule has 1 fully saturated rings. The number of benzene rings is 2. The number of thiazole rings is 1. The van der Waals surface area contributed by atoms with Gasteiger partial charge in [0, 0.05) is 23.9 Å². The van der Waals surface area contributed by atoms with E-state index in [1.54, 1.807) is 24.5 Å². The van der Waals surface area contributed by atoms with E-state index in [4.69, 9.17) is 9.84 Å². The van der Waals surface area contributed by atoms with Crippen LogP contribution in [0.5, 0.6) is 5.88 Å². The van der Waals surface area contributed by atoms with Gasteiger partial charge in [0.25, 0.3) is 0 Å². The second kappa shape index (κ2) is 9.84. The topological polar surface area (TPSA) is 72.3 Å². The number of hydrogen-bond acceptors (Lipinski definition) is 5. The number of ether oxygens (including phenoxy) is 1. The minimum Gasteiger partial charge on any atom is -0.481 e. The molecule has 1 aliphatic rings. The third-order valence-electron chi connectivity index (χ3n) is 6.60. The van der Waals surface area contributed by atoms with Crippen LogP contribution < -0.4 is 4.74 Å². The van der Waals surface area contributed by atoms with Crippen molar-refractivity contribution in [2.24, 2.45) is 5.92 Å². The molecule has 0 unspecified atom stereocenters. The van der Waals surface area contributed by atoms with Crippen molar-refractivity contribution in [1.29, 1.82) is 0 Å². The molecule has 1 aliphatic carbocycles. The Hall–Kier alpha value is -3.77. The predicted octanol–water partition coefficient (Wildman–Crippen LogP) is 6.87. The Morgan fingerprint density at radius 3 is 2.51 bits per heavy atom. The van der Waals surface area contributed by atoms with Crippen molar-refractivity contribution >= 4 is 44.7 Å². The van der Waals surface area contributed by atoms with Gasteiger partial charge in [-0.1, -0.05) is 36.8 Å². The van der Waals surface area contributed by atoms with E-state index in [2.05, 4.69) is 47.2 Å². The van der Waals surface area contributed by atoms with Crippen molar-refractivity contribution in [3.63, 3.8) is 0 Å². The van der Waals surface area contributed by atoms with Crippen LogP contribution in [0.15, 0.2) is 66.3 Å². The number of allylic oxidation sites excluding steroid dienone is 1. The van der Waals surface area contributed by atoms with E-state index in [-0.39, 0.29) is 0 Å². The number of methoxy groups -OCH3 is 1. The molecule has 2 aromatic carbocycles. The van der Waals surface area contributed by atoms with Crippen LogP contribution in [0.2, 0.25) is 0 Å². The van der Waals surface area contributed by atoms with Crippen LogP contribution in [0, 0.1) is 12.8 Å². The van der Waals surface area contributed by atoms with E-state index in [1.807, 2.05) is 29.9 Å². The summed E-state index contributed by atoms with van der Waals surface area (Å²) in [5.74, 6) is 0.0943. The zero-order valence-corrected chi connectivity index (χ0v) is 20.5. The van der Waals surface area contributed by atoms with Gasteiger partial charge in [-0.15, -0.1) is 11.3 Å². The first-order valence-corrected chi connectivity index (χ1v) is 12.5. The number of hydrogen-bond donors (Lipinski definition) is 1. The second-order valence-electron chi connectivity index (χ2n) is 8.79. The summed E-state index contributed by atoms with van der Waals surface area (Å²) in [5, 5.41) is 8.98. The predicted molar refractivity (Wildman–Crippen MR) is 142 cm³/mol. The number of aromatic nitrogens is 2. The number of rotatable bonds is 7. The van der Waals surface area contributed by atoms with Crippen LogP contribution in [-0.2, 0) is 4.79 Å². The van der Waals surface area contributed by atoms with Gasteiger partial charge in [-0.3, -0.25) is 0 Å². The fourth-order valence-corrected chi connectivity index (χ4v) is 5.26. The minimum atomic E-state index is -0.957. The fourth-order valence-electron chi connectivity index (χ4n) is 4.60. The van der Waals surface area contributed by atoms with Crippen molar-refractivity contribution < 1.29 is 14.6 Å². The molecule has 0 saturated heterocycles. The minimum absolute atomic E-state index is 0.441. The molecule has 1 N–H and O–H groups in total. The lowest BCUT2D eigenvalue weighted by molar-refractivity contribution is -0.131. The van der Waals surface area contributed by atoms with Crippen LogP contribution in [0.1, 0.15) is 47.1 Å². The molecule has 176 valence electrons. The standard InChI is InChI=1S/C29H26N2O3S/c1-18-14-26(34-2)30-16-23(18)29(20-4-3-5-20)28(22-11-12-25-24(15-22)31-17-35-25)21-9-6-19(7-10-21)8-13-27(32)33/h6-17,20H,3-5H2,1-2H3,(H,32,33)/b13-8+,29-28+. The number of carbonyl (C=O) groups is 1. The summed E-state index contributed by atoms with van der Waals surface area (Å²) in [6, 6.07) is 16.6. The molecule has 4 aromatic rings. The molecule has 0 atom stereocenters. The summed E-state index contributed by atoms with van der Waals surface area (Å²) in [6.45, 7) is 2.11. The van der Waals surface area contributed by atoms with Gasteiger partial charge in [-0.05, 0) is 77.3 Å². The zero-order chi connectivity index (χ0) is 24.4. The molecule has 6 heteroatoms. The molecule has 5 rings (SSSR count). The van der Waals surface area contributed by atoms with Crippen LogP contribution >= 0.6 is 11.3 Å². The molecule has 5 nitrogen and oxygen atoms in total. The Kier molecular flexibility index (Phi) is 6.47. The highest BCUT2D eigenvalue weighted by molar-refractivity contribution is 7.16. The Morgan fingerprint density at radius 2 is 1.86 bits per heavy atom. The monoisotopic (exact) mass is 482 g/mol. The summed E-state index contributed by atoms with van der Waals surface area (Å²) < 4.78 is 6.53. The zero-order valence-electron chi connectivity index (χ0n) is 19.7. The van der Waals surface area contributed by atoms with Gasteiger partial charge in [0.05, 0.1) is 22.8 Å². The summed E-state index contributed by atoms with van der Waals surface area (Å²) in [7, 11) is 1.64. The van der Waals surface area contributed by atoms with Crippen LogP contribution in [0.3, 0.4) is 0 Å². The molecule has 0 radical (unpaired) electrons. The van der Waals surface area contributed by atoms with Crippen molar-refractivity contribution in [1.82, 2.24) is 9.97 Å². The molecular weight excluding hydrogens is 456 g/mol. The normalized spacial score (nSPS) is 14.7. The molecule has 0 bridgehead atoms. The number of aryl methyl sites for hydroxylation is 1. The summed E-state index contributed by atoms with van der Waals surface area (Å²) in [4.78, 5) is 20.1. The quantitative estimate of drug-likeness (QED) is 0.291. The first-order valence-electron chi connectivity index (χ1n) is 11.6. The van der Waals surface area contributed by atoms with E-state index in [1.165, 1.54) is 17.6 Å². The maximum Gasteiger partial charge on any atom is 0.328 e. The van der Waals surface area contributed by atoms with E-state index in [0.29, 0.717) is 11.8 Å². The van der Waals surface area contributed by atoms with Crippen molar-refractivity contribution in [3.05, 3.63) is 94.1 Å². The smallest absolute Gasteiger partial charge is 0.328 e. The van der Waals surface area contributed by atoms with Gasteiger partial charge in [-0.2, -0.15) is 0 Å². The number of fused-ring (bicyclic) bond motifs is 1. The molecule has 0 aliphatic heterocycles. The number of carboxylic acid groups (broad SMARTS) is 1. The first-order chi connectivity index (χ1) is 17.0. The maximum atomic E-state index is 10.9. The maximum absolute atomic E-state index is 10.9. The Balaban J connectivity index is 1.74. The van der Waals surface area contributed by atoms with Crippen molar-refractivity contribution in [3.8, 4) is 5.88 Å². The van der Waals surface area contributed by atoms with E-state index in [9.17, 15) is 4.79 Å². The Bertz CT molecular complexity index is 1450. The highest BCUT2D eigenvalue weighted by atomic mass is 32.1. The third kappa shape index (κ3) is 4.75. The molecule has 2 heterocycles. The molecule has 1 saturated carbocycles. The van der Waals surface area contributed by atoms with Gasteiger partial charge in [0.15, 0.2) is 0 Å². The SMILES string of the molecule is COc1cc(C)c(/C(=C(\c2ccc(/C=C/C(=O)O)cc2)c2ccc3scnc3c2)C2CCC2)cn1. The fraction of sp³-hybridized carbons (Fsp3) is 0.207. The largest absolute Gasteiger partial charge is 0.481 e. The third-order valence-corrected chi connectivity index (χ3v) is 7.41. The number of pyridine rings is 1. The van der Waals surface area contributed by atoms with Crippen LogP contribution in [-0.4, -0.2) is 28.2 Å². The Labute approximate surface area is 208 Å². The summed E-state index contributed by atoms with van der Waals surface area (Å²) >= 11 is 1.64. The summed E-state index contributed by atoms with van der Waals surface area (Å²) in [6.07, 6.45) is 8.21. The average Bonchev–Trinajstić information content (AvgIpc) is 3.30. The van der Waals surface area contributed by atoms with Gasteiger partial charge >= 0.3 is 5.97 Å². The number of carboxylic acids is 1. The first kappa shape index (κ1) is 23.0. The van der Waals surface area contributed by atoms with Gasteiger partial charge in [0.2, 0.25) is 5.88 Å². The van der Waals surface area contributed by atoms with E-state index >= 15 is 0 Å². The highest BCUT2D eigenvalue weighted by Gasteiger charge is 2.28. The van der Waals surface area contributed by atoms with Crippen molar-refractivity contribution in [2.45, 2.75) is 26.2 Å². The number of aliphatic carboxylic acids is 1. The van der Waals surface area contributed by atoms with Crippen LogP contribution in [0.25, 0.3) is 27.4 Å². The lowest BCUT2D eigenvalue weighted by atomic mass is 9.72. The lowest BCUT2D eigenvalue weighted by Crippen LogP contribution is -2.16. The molecule has 0 spiro atoms. The molecule has 35 heavy (non-hydrogen) atoms. The average molecular weight is 483 g/mol. The molecule has 2 aromatic heterocycles. The highest BCUT2D eigenvalue weighted by Crippen LogP contribution is 2.46.